The van der Waals surface area contributed by atoms with Gasteiger partial charge in [0.2, 0.25) is 5.91 Å². The van der Waals surface area contributed by atoms with Crippen molar-refractivity contribution in [2.75, 3.05) is 26.4 Å². The zero-order valence-electron chi connectivity index (χ0n) is 20.7. The predicted molar refractivity (Wildman–Crippen MR) is 135 cm³/mol. The molecule has 2 bridgehead atoms. The van der Waals surface area contributed by atoms with Crippen molar-refractivity contribution < 1.29 is 24.2 Å². The second kappa shape index (κ2) is 11.0. The number of amides is 2. The Morgan fingerprint density at radius 3 is 2.67 bits per heavy atom. The van der Waals surface area contributed by atoms with Crippen LogP contribution in [0.15, 0.2) is 42.5 Å². The highest BCUT2D eigenvalue weighted by Crippen LogP contribution is 2.30. The number of rotatable bonds is 8. The predicted octanol–water partition coefficient (Wildman–Crippen LogP) is 1.82. The van der Waals surface area contributed by atoms with Crippen LogP contribution in [0.5, 0.6) is 5.75 Å². The number of aliphatic hydroxyl groups is 1. The molecule has 3 aliphatic heterocycles. The van der Waals surface area contributed by atoms with Gasteiger partial charge in [-0.1, -0.05) is 30.3 Å². The van der Waals surface area contributed by atoms with E-state index in [0.717, 1.165) is 18.4 Å². The third kappa shape index (κ3) is 5.26. The molecule has 4 atom stereocenters. The van der Waals surface area contributed by atoms with Gasteiger partial charge in [0.05, 0.1) is 50.0 Å². The van der Waals surface area contributed by atoms with Crippen LogP contribution in [0.1, 0.15) is 46.8 Å². The highest BCUT2D eigenvalue weighted by Gasteiger charge is 2.40. The van der Waals surface area contributed by atoms with Crippen molar-refractivity contribution in [1.82, 2.24) is 15.5 Å². The molecule has 2 fully saturated rings. The lowest BCUT2D eigenvalue weighted by Gasteiger charge is -2.34. The van der Waals surface area contributed by atoms with Crippen molar-refractivity contribution in [3.05, 3.63) is 64.7 Å². The van der Waals surface area contributed by atoms with Gasteiger partial charge in [0.1, 0.15) is 5.75 Å². The van der Waals surface area contributed by atoms with Gasteiger partial charge in [-0.15, -0.1) is 0 Å². The fourth-order valence-corrected chi connectivity index (χ4v) is 5.63. The van der Waals surface area contributed by atoms with E-state index in [2.05, 4.69) is 22.8 Å². The quantitative estimate of drug-likeness (QED) is 0.519. The molecule has 5 rings (SSSR count). The molecule has 0 aliphatic carbocycles. The van der Waals surface area contributed by atoms with Crippen molar-refractivity contribution in [3.63, 3.8) is 0 Å². The molecule has 3 aliphatic rings. The first-order chi connectivity index (χ1) is 17.5. The van der Waals surface area contributed by atoms with Crippen molar-refractivity contribution in [2.24, 2.45) is 0 Å². The van der Waals surface area contributed by atoms with E-state index >= 15 is 0 Å². The van der Waals surface area contributed by atoms with Gasteiger partial charge in [-0.3, -0.25) is 9.59 Å². The number of ether oxygens (including phenoxy) is 2. The average Bonchev–Trinajstić information content (AvgIpc) is 3.15. The molecule has 8 heteroatoms. The van der Waals surface area contributed by atoms with Crippen LogP contribution in [0.4, 0.5) is 0 Å². The molecule has 0 aromatic heterocycles. The monoisotopic (exact) mass is 493 g/mol. The van der Waals surface area contributed by atoms with Crippen molar-refractivity contribution in [3.8, 4) is 5.75 Å². The van der Waals surface area contributed by atoms with E-state index < -0.39 is 6.10 Å². The summed E-state index contributed by atoms with van der Waals surface area (Å²) in [5.74, 6) is 0.234. The number of fused-ring (bicyclic) bond motifs is 3. The Balaban J connectivity index is 1.20. The van der Waals surface area contributed by atoms with Crippen LogP contribution in [-0.4, -0.2) is 72.4 Å². The molecule has 8 nitrogen and oxygen atoms in total. The third-order valence-corrected chi connectivity index (χ3v) is 7.52. The minimum absolute atomic E-state index is 0.0927. The summed E-state index contributed by atoms with van der Waals surface area (Å²) in [5, 5.41) is 16.9. The van der Waals surface area contributed by atoms with Crippen LogP contribution < -0.4 is 15.4 Å². The highest BCUT2D eigenvalue weighted by molar-refractivity contribution is 5.97. The molecule has 0 saturated carbocycles. The Kier molecular flexibility index (Phi) is 7.55. The standard InChI is InChI=1S/C28H35N3O5/c1-2-36-26-11-18(12-27(33)31-21-8-9-22(31)17-35-16-21)7-10-23(26)28(34)30-15-25(32)24-13-19-5-3-4-6-20(19)14-29-24/h3-7,10-11,21-22,24-25,29,32H,2,8-9,12-17H2,1H3,(H,30,34)/t21?,22?,24-,25+/m0/s1. The normalized spacial score (nSPS) is 23.6. The topological polar surface area (TPSA) is 100 Å². The number of carbonyl (C=O) groups is 2. The van der Waals surface area contributed by atoms with Crippen LogP contribution in [0.2, 0.25) is 0 Å². The highest BCUT2D eigenvalue weighted by atomic mass is 16.5. The van der Waals surface area contributed by atoms with E-state index in [1.54, 1.807) is 12.1 Å². The van der Waals surface area contributed by atoms with Gasteiger partial charge >= 0.3 is 0 Å². The van der Waals surface area contributed by atoms with E-state index in [1.165, 1.54) is 11.1 Å². The fourth-order valence-electron chi connectivity index (χ4n) is 5.63. The summed E-state index contributed by atoms with van der Waals surface area (Å²) in [4.78, 5) is 28.0. The van der Waals surface area contributed by atoms with Gasteiger partial charge in [-0.2, -0.15) is 0 Å². The van der Waals surface area contributed by atoms with E-state index in [0.29, 0.717) is 44.1 Å². The molecular formula is C28H35N3O5. The number of hydrogen-bond acceptors (Lipinski definition) is 6. The molecule has 192 valence electrons. The first-order valence-corrected chi connectivity index (χ1v) is 12.9. The maximum atomic E-state index is 13.0. The maximum Gasteiger partial charge on any atom is 0.255 e. The second-order valence-electron chi connectivity index (χ2n) is 9.90. The molecule has 36 heavy (non-hydrogen) atoms. The summed E-state index contributed by atoms with van der Waals surface area (Å²) in [6, 6.07) is 13.7. The van der Waals surface area contributed by atoms with E-state index in [9.17, 15) is 14.7 Å². The van der Waals surface area contributed by atoms with Crippen molar-refractivity contribution >= 4 is 11.8 Å². The van der Waals surface area contributed by atoms with E-state index in [-0.39, 0.29) is 42.9 Å². The van der Waals surface area contributed by atoms with Crippen LogP contribution >= 0.6 is 0 Å². The number of benzene rings is 2. The minimum atomic E-state index is -0.723. The Morgan fingerprint density at radius 2 is 1.92 bits per heavy atom. The lowest BCUT2D eigenvalue weighted by Crippen LogP contribution is -2.49. The first kappa shape index (κ1) is 24.7. The Labute approximate surface area is 212 Å². The number of aliphatic hydroxyl groups excluding tert-OH is 1. The lowest BCUT2D eigenvalue weighted by molar-refractivity contribution is -0.140. The maximum absolute atomic E-state index is 13.0. The SMILES string of the molecule is CCOc1cc(CC(=O)N2C3CCC2COC3)ccc1C(=O)NC[C@@H](O)[C@@H]1Cc2ccccc2CN1. The zero-order valence-corrected chi connectivity index (χ0v) is 20.7. The molecule has 2 aromatic carbocycles. The average molecular weight is 494 g/mol. The minimum Gasteiger partial charge on any atom is -0.493 e. The number of morpholine rings is 1. The molecule has 0 radical (unpaired) electrons. The molecule has 2 aromatic rings. The van der Waals surface area contributed by atoms with Gasteiger partial charge in [-0.25, -0.2) is 0 Å². The Morgan fingerprint density at radius 1 is 1.17 bits per heavy atom. The zero-order chi connectivity index (χ0) is 25.1. The fraction of sp³-hybridized carbons (Fsp3) is 0.500. The Bertz CT molecular complexity index is 1090. The van der Waals surface area contributed by atoms with Gasteiger partial charge in [0.15, 0.2) is 0 Å². The third-order valence-electron chi connectivity index (χ3n) is 7.52. The summed E-state index contributed by atoms with van der Waals surface area (Å²) in [6.07, 6.45) is 2.25. The van der Waals surface area contributed by atoms with Crippen LogP contribution in [0.3, 0.4) is 0 Å². The number of nitrogens with one attached hydrogen (secondary N) is 2. The summed E-state index contributed by atoms with van der Waals surface area (Å²) >= 11 is 0. The largest absolute Gasteiger partial charge is 0.493 e. The summed E-state index contributed by atoms with van der Waals surface area (Å²) in [7, 11) is 0. The van der Waals surface area contributed by atoms with Crippen LogP contribution in [-0.2, 0) is 28.9 Å². The van der Waals surface area contributed by atoms with Crippen molar-refractivity contribution in [2.45, 2.75) is 63.4 Å². The summed E-state index contributed by atoms with van der Waals surface area (Å²) < 4.78 is 11.4. The molecule has 3 N–H and O–H groups in total. The summed E-state index contributed by atoms with van der Waals surface area (Å²) in [6.45, 7) is 4.32. The molecule has 2 unspecified atom stereocenters. The van der Waals surface area contributed by atoms with E-state index in [4.69, 9.17) is 9.47 Å². The number of hydrogen-bond donors (Lipinski definition) is 3. The number of nitrogens with zero attached hydrogens (tertiary/aromatic N) is 1. The lowest BCUT2D eigenvalue weighted by atomic mass is 9.93. The van der Waals surface area contributed by atoms with Crippen LogP contribution in [0, 0.1) is 0 Å². The molecule has 2 saturated heterocycles. The van der Waals surface area contributed by atoms with Crippen LogP contribution in [0.25, 0.3) is 0 Å². The van der Waals surface area contributed by atoms with Gasteiger partial charge in [0, 0.05) is 19.1 Å². The smallest absolute Gasteiger partial charge is 0.255 e. The Hall–Kier alpha value is -2.94. The molecular weight excluding hydrogens is 458 g/mol. The van der Waals surface area contributed by atoms with Crippen molar-refractivity contribution in [1.29, 1.82) is 0 Å². The molecule has 3 heterocycles. The van der Waals surface area contributed by atoms with Gasteiger partial charge in [-0.05, 0) is 55.0 Å². The summed E-state index contributed by atoms with van der Waals surface area (Å²) in [5.41, 5.74) is 3.68. The van der Waals surface area contributed by atoms with E-state index in [1.807, 2.05) is 30.0 Å². The molecule has 2 amide bonds. The number of carbonyl (C=O) groups excluding carboxylic acids is 2. The van der Waals surface area contributed by atoms with Gasteiger partial charge in [0.25, 0.3) is 5.91 Å². The molecule has 0 spiro atoms. The van der Waals surface area contributed by atoms with Gasteiger partial charge < -0.3 is 30.1 Å². The first-order valence-electron chi connectivity index (χ1n) is 12.9. The second-order valence-corrected chi connectivity index (χ2v) is 9.90.